The molecule has 232 valence electrons. The molecule has 0 aliphatic rings. The summed E-state index contributed by atoms with van der Waals surface area (Å²) in [5.41, 5.74) is 7.99. The first-order valence-corrected chi connectivity index (χ1v) is 17.1. The average Bonchev–Trinajstić information content (AvgIpc) is 3.20. The van der Waals surface area contributed by atoms with E-state index in [1.165, 1.54) is 76.1 Å². The Morgan fingerprint density at radius 1 is 0.280 bits per heavy atom. The van der Waals surface area contributed by atoms with Crippen LogP contribution in [0.2, 0.25) is 0 Å². The lowest BCUT2D eigenvalue weighted by Gasteiger charge is -2.20. The molecule has 0 fully saturated rings. The molecule has 0 N–H and O–H groups in total. The van der Waals surface area contributed by atoms with Gasteiger partial charge in [-0.3, -0.25) is 0 Å². The molecule has 1 heterocycles. The SMILES string of the molecule is c1ccc(-c2cnc(-c3ccc4c(-c5ccc6ccccc6c5)c5ccccc5c(-c5cc6ccccc6c6ccccc56)c4c3)nc2)cc1. The Morgan fingerprint density at radius 3 is 1.64 bits per heavy atom. The topological polar surface area (TPSA) is 25.8 Å². The summed E-state index contributed by atoms with van der Waals surface area (Å²) in [6.45, 7) is 0. The molecule has 0 atom stereocenters. The van der Waals surface area contributed by atoms with Crippen LogP contribution in [0.25, 0.3) is 98.6 Å². The van der Waals surface area contributed by atoms with E-state index in [0.29, 0.717) is 5.82 Å². The van der Waals surface area contributed by atoms with Crippen LogP contribution in [0, 0.1) is 0 Å². The summed E-state index contributed by atoms with van der Waals surface area (Å²) >= 11 is 0. The average molecular weight is 635 g/mol. The van der Waals surface area contributed by atoms with Gasteiger partial charge in [0.2, 0.25) is 0 Å². The molecule has 0 saturated carbocycles. The highest BCUT2D eigenvalue weighted by molar-refractivity contribution is 6.26. The fourth-order valence-corrected chi connectivity index (χ4v) is 7.78. The number of hydrogen-bond acceptors (Lipinski definition) is 2. The molecular weight excluding hydrogens is 605 g/mol. The molecule has 1 aromatic heterocycles. The van der Waals surface area contributed by atoms with Crippen LogP contribution in [-0.2, 0) is 0 Å². The number of fused-ring (bicyclic) bond motifs is 6. The third-order valence-corrected chi connectivity index (χ3v) is 10.1. The molecule has 0 amide bonds. The summed E-state index contributed by atoms with van der Waals surface area (Å²) < 4.78 is 0. The number of nitrogens with zero attached hydrogens (tertiary/aromatic N) is 2. The second kappa shape index (κ2) is 11.5. The molecule has 0 saturated heterocycles. The van der Waals surface area contributed by atoms with E-state index in [1.807, 2.05) is 30.6 Å². The zero-order chi connectivity index (χ0) is 33.0. The van der Waals surface area contributed by atoms with E-state index >= 15 is 0 Å². The van der Waals surface area contributed by atoms with Crippen LogP contribution >= 0.6 is 0 Å². The van der Waals surface area contributed by atoms with Crippen molar-refractivity contribution < 1.29 is 0 Å². The summed E-state index contributed by atoms with van der Waals surface area (Å²) in [5.74, 6) is 0.710. The lowest BCUT2D eigenvalue weighted by molar-refractivity contribution is 1.18. The minimum Gasteiger partial charge on any atom is -0.236 e. The Labute approximate surface area is 290 Å². The van der Waals surface area contributed by atoms with E-state index in [2.05, 4.69) is 152 Å². The van der Waals surface area contributed by atoms with Gasteiger partial charge in [0.25, 0.3) is 0 Å². The molecule has 10 rings (SSSR count). The van der Waals surface area contributed by atoms with E-state index in [9.17, 15) is 0 Å². The van der Waals surface area contributed by atoms with Gasteiger partial charge in [0.05, 0.1) is 0 Å². The third-order valence-electron chi connectivity index (χ3n) is 10.1. The quantitative estimate of drug-likeness (QED) is 0.142. The van der Waals surface area contributed by atoms with Crippen molar-refractivity contribution in [2.24, 2.45) is 0 Å². The van der Waals surface area contributed by atoms with Crippen molar-refractivity contribution >= 4 is 53.9 Å². The highest BCUT2D eigenvalue weighted by Gasteiger charge is 2.20. The van der Waals surface area contributed by atoms with Crippen molar-refractivity contribution in [2.45, 2.75) is 0 Å². The standard InChI is InChI=1S/C48H30N2/c1-2-12-31(13-3-1)37-29-49-48(50-30-37)36-24-25-43-45(28-36)47(44-27-34-16-6-7-17-38(34)39-18-8-9-19-40(39)44)42-21-11-10-20-41(42)46(43)35-23-22-32-14-4-5-15-33(32)26-35/h1-30H. The summed E-state index contributed by atoms with van der Waals surface area (Å²) in [6.07, 6.45) is 3.86. The van der Waals surface area contributed by atoms with Gasteiger partial charge < -0.3 is 0 Å². The van der Waals surface area contributed by atoms with Gasteiger partial charge in [-0.15, -0.1) is 0 Å². The van der Waals surface area contributed by atoms with Crippen LogP contribution in [0.1, 0.15) is 0 Å². The zero-order valence-electron chi connectivity index (χ0n) is 27.2. The molecule has 0 unspecified atom stereocenters. The number of aromatic nitrogens is 2. The molecule has 10 aromatic rings. The molecule has 0 aliphatic heterocycles. The third kappa shape index (κ3) is 4.57. The van der Waals surface area contributed by atoms with E-state index in [1.54, 1.807) is 0 Å². The fourth-order valence-electron chi connectivity index (χ4n) is 7.78. The Bertz CT molecular complexity index is 2910. The van der Waals surface area contributed by atoms with Crippen molar-refractivity contribution in [3.05, 3.63) is 182 Å². The Balaban J connectivity index is 1.31. The zero-order valence-corrected chi connectivity index (χ0v) is 27.2. The summed E-state index contributed by atoms with van der Waals surface area (Å²) in [7, 11) is 0. The van der Waals surface area contributed by atoms with Crippen LogP contribution < -0.4 is 0 Å². The maximum absolute atomic E-state index is 4.89. The summed E-state index contributed by atoms with van der Waals surface area (Å²) in [6, 6.07) is 61.3. The van der Waals surface area contributed by atoms with Crippen molar-refractivity contribution in [3.8, 4) is 44.8 Å². The van der Waals surface area contributed by atoms with E-state index in [4.69, 9.17) is 9.97 Å². The second-order valence-corrected chi connectivity index (χ2v) is 13.0. The van der Waals surface area contributed by atoms with Gasteiger partial charge in [-0.05, 0) is 99.9 Å². The van der Waals surface area contributed by atoms with Gasteiger partial charge in [0, 0.05) is 23.5 Å². The smallest absolute Gasteiger partial charge is 0.159 e. The van der Waals surface area contributed by atoms with E-state index in [0.717, 1.165) is 16.7 Å². The lowest BCUT2D eigenvalue weighted by atomic mass is 9.83. The maximum atomic E-state index is 4.89. The van der Waals surface area contributed by atoms with Crippen molar-refractivity contribution in [1.82, 2.24) is 9.97 Å². The highest BCUT2D eigenvalue weighted by atomic mass is 14.9. The lowest BCUT2D eigenvalue weighted by Crippen LogP contribution is -1.94. The van der Waals surface area contributed by atoms with Crippen molar-refractivity contribution in [2.75, 3.05) is 0 Å². The molecule has 9 aromatic carbocycles. The molecule has 0 bridgehead atoms. The Hall–Kier alpha value is -6.64. The number of hydrogen-bond donors (Lipinski definition) is 0. The summed E-state index contributed by atoms with van der Waals surface area (Å²) in [4.78, 5) is 9.78. The van der Waals surface area contributed by atoms with Gasteiger partial charge >= 0.3 is 0 Å². The predicted molar refractivity (Wildman–Crippen MR) is 211 cm³/mol. The van der Waals surface area contributed by atoms with Gasteiger partial charge in [-0.25, -0.2) is 9.97 Å². The van der Waals surface area contributed by atoms with Gasteiger partial charge in [-0.1, -0.05) is 152 Å². The monoisotopic (exact) mass is 634 g/mol. The van der Waals surface area contributed by atoms with Gasteiger partial charge in [0.1, 0.15) is 0 Å². The van der Waals surface area contributed by atoms with E-state index < -0.39 is 0 Å². The fraction of sp³-hybridized carbons (Fsp3) is 0. The predicted octanol–water partition coefficient (Wildman–Crippen LogP) is 12.9. The van der Waals surface area contributed by atoms with Crippen LogP contribution in [0.5, 0.6) is 0 Å². The normalized spacial score (nSPS) is 11.6. The molecule has 0 spiro atoms. The van der Waals surface area contributed by atoms with Crippen molar-refractivity contribution in [1.29, 1.82) is 0 Å². The molecule has 50 heavy (non-hydrogen) atoms. The summed E-state index contributed by atoms with van der Waals surface area (Å²) in [5, 5.41) is 12.3. The van der Waals surface area contributed by atoms with Crippen LogP contribution in [0.3, 0.4) is 0 Å². The molecule has 0 aliphatic carbocycles. The molecule has 0 radical (unpaired) electrons. The first-order valence-electron chi connectivity index (χ1n) is 17.1. The molecule has 2 nitrogen and oxygen atoms in total. The molecule has 2 heteroatoms. The highest BCUT2D eigenvalue weighted by Crippen LogP contribution is 2.47. The number of rotatable bonds is 4. The Morgan fingerprint density at radius 2 is 0.860 bits per heavy atom. The minimum absolute atomic E-state index is 0.710. The van der Waals surface area contributed by atoms with Crippen LogP contribution in [0.15, 0.2) is 182 Å². The Kier molecular flexibility index (Phi) is 6.53. The van der Waals surface area contributed by atoms with Gasteiger partial charge in [0.15, 0.2) is 5.82 Å². The second-order valence-electron chi connectivity index (χ2n) is 13.0. The van der Waals surface area contributed by atoms with E-state index in [-0.39, 0.29) is 0 Å². The maximum Gasteiger partial charge on any atom is 0.159 e. The largest absolute Gasteiger partial charge is 0.236 e. The van der Waals surface area contributed by atoms with Crippen molar-refractivity contribution in [3.63, 3.8) is 0 Å². The molecular formula is C48H30N2. The first-order chi connectivity index (χ1) is 24.8. The van der Waals surface area contributed by atoms with Crippen LogP contribution in [0.4, 0.5) is 0 Å². The minimum atomic E-state index is 0.710. The first kappa shape index (κ1) is 28.4. The van der Waals surface area contributed by atoms with Gasteiger partial charge in [-0.2, -0.15) is 0 Å². The van der Waals surface area contributed by atoms with Crippen LogP contribution in [-0.4, -0.2) is 9.97 Å². The number of benzene rings is 9.